The second-order valence-electron chi connectivity index (χ2n) is 7.71. The van der Waals surface area contributed by atoms with Crippen LogP contribution in [-0.2, 0) is 0 Å². The van der Waals surface area contributed by atoms with Crippen LogP contribution in [0, 0.1) is 11.3 Å². The quantitative estimate of drug-likeness (QED) is 0.659. The van der Waals surface area contributed by atoms with E-state index in [1.54, 1.807) is 7.11 Å². The number of hydrogen-bond donors (Lipinski definition) is 1. The van der Waals surface area contributed by atoms with Crippen molar-refractivity contribution in [2.24, 2.45) is 16.3 Å². The van der Waals surface area contributed by atoms with Gasteiger partial charge in [0.1, 0.15) is 5.75 Å². The number of methoxy groups -OCH3 is 1. The van der Waals surface area contributed by atoms with Gasteiger partial charge in [-0.25, -0.2) is 0 Å². The second kappa shape index (κ2) is 6.77. The van der Waals surface area contributed by atoms with Gasteiger partial charge in [-0.1, -0.05) is 6.07 Å². The summed E-state index contributed by atoms with van der Waals surface area (Å²) in [5.41, 5.74) is 1.85. The molecule has 0 atom stereocenters. The SMILES string of the molecule is CN=C(NCC1(C2CC2)CC1)N1CCN(c2cccc(OC)c2)CC1. The maximum absolute atomic E-state index is 5.35. The van der Waals surface area contributed by atoms with E-state index in [4.69, 9.17) is 4.74 Å². The normalized spacial score (nSPS) is 22.7. The third kappa shape index (κ3) is 3.55. The molecule has 136 valence electrons. The second-order valence-corrected chi connectivity index (χ2v) is 7.71. The van der Waals surface area contributed by atoms with Gasteiger partial charge < -0.3 is 19.9 Å². The number of aliphatic imine (C=N–C) groups is 1. The Kier molecular flexibility index (Phi) is 4.48. The number of anilines is 1. The zero-order valence-corrected chi connectivity index (χ0v) is 15.5. The van der Waals surface area contributed by atoms with E-state index in [0.717, 1.165) is 50.4 Å². The van der Waals surface area contributed by atoms with Gasteiger partial charge in [0.05, 0.1) is 7.11 Å². The van der Waals surface area contributed by atoms with Gasteiger partial charge in [-0.3, -0.25) is 4.99 Å². The Morgan fingerprint density at radius 3 is 2.60 bits per heavy atom. The van der Waals surface area contributed by atoms with E-state index in [9.17, 15) is 0 Å². The standard InChI is InChI=1S/C20H30N4O/c1-21-19(22-15-20(8-9-20)16-6-7-16)24-12-10-23(11-13-24)17-4-3-5-18(14-17)25-2/h3-5,14,16H,6-13,15H2,1-2H3,(H,21,22). The van der Waals surface area contributed by atoms with E-state index in [0.29, 0.717) is 5.41 Å². The maximum Gasteiger partial charge on any atom is 0.193 e. The lowest BCUT2D eigenvalue weighted by Gasteiger charge is -2.38. The lowest BCUT2D eigenvalue weighted by molar-refractivity contribution is 0.359. The summed E-state index contributed by atoms with van der Waals surface area (Å²) in [4.78, 5) is 9.37. The fourth-order valence-electron chi connectivity index (χ4n) is 4.16. The summed E-state index contributed by atoms with van der Waals surface area (Å²) in [7, 11) is 3.63. The molecule has 1 saturated heterocycles. The highest BCUT2D eigenvalue weighted by Crippen LogP contribution is 2.60. The van der Waals surface area contributed by atoms with Crippen molar-refractivity contribution in [2.45, 2.75) is 25.7 Å². The molecule has 0 amide bonds. The van der Waals surface area contributed by atoms with Gasteiger partial charge in [0, 0.05) is 51.5 Å². The highest BCUT2D eigenvalue weighted by atomic mass is 16.5. The van der Waals surface area contributed by atoms with E-state index in [-0.39, 0.29) is 0 Å². The van der Waals surface area contributed by atoms with Crippen LogP contribution in [-0.4, -0.2) is 57.7 Å². The minimum absolute atomic E-state index is 0.609. The Bertz CT molecular complexity index is 628. The van der Waals surface area contributed by atoms with Crippen molar-refractivity contribution in [1.29, 1.82) is 0 Å². The van der Waals surface area contributed by atoms with Crippen LogP contribution in [0.1, 0.15) is 25.7 Å². The molecule has 1 aliphatic heterocycles. The first-order valence-corrected chi connectivity index (χ1v) is 9.59. The molecule has 0 bridgehead atoms. The molecule has 1 aromatic rings. The molecule has 0 radical (unpaired) electrons. The Morgan fingerprint density at radius 2 is 2.00 bits per heavy atom. The molecule has 1 heterocycles. The van der Waals surface area contributed by atoms with E-state index < -0.39 is 0 Å². The van der Waals surface area contributed by atoms with Crippen LogP contribution >= 0.6 is 0 Å². The van der Waals surface area contributed by atoms with Crippen molar-refractivity contribution in [3.8, 4) is 5.75 Å². The van der Waals surface area contributed by atoms with Crippen LogP contribution in [0.25, 0.3) is 0 Å². The monoisotopic (exact) mass is 342 g/mol. The van der Waals surface area contributed by atoms with Crippen LogP contribution in [0.2, 0.25) is 0 Å². The number of rotatable bonds is 5. The molecular weight excluding hydrogens is 312 g/mol. The number of piperazine rings is 1. The third-order valence-corrected chi connectivity index (χ3v) is 6.14. The Hall–Kier alpha value is -1.91. The molecule has 4 rings (SSSR count). The van der Waals surface area contributed by atoms with Gasteiger partial charge in [-0.05, 0) is 49.1 Å². The molecule has 0 aromatic heterocycles. The van der Waals surface area contributed by atoms with Gasteiger partial charge >= 0.3 is 0 Å². The third-order valence-electron chi connectivity index (χ3n) is 6.14. The summed E-state index contributed by atoms with van der Waals surface area (Å²) in [6.07, 6.45) is 5.70. The van der Waals surface area contributed by atoms with Gasteiger partial charge in [0.25, 0.3) is 0 Å². The lowest BCUT2D eigenvalue weighted by atomic mass is 10.0. The van der Waals surface area contributed by atoms with E-state index >= 15 is 0 Å². The molecule has 1 aromatic carbocycles. The number of guanidine groups is 1. The van der Waals surface area contributed by atoms with Crippen LogP contribution in [0.4, 0.5) is 5.69 Å². The summed E-state index contributed by atoms with van der Waals surface area (Å²) in [5, 5.41) is 3.67. The van der Waals surface area contributed by atoms with Crippen LogP contribution < -0.4 is 15.0 Å². The number of nitrogens with zero attached hydrogens (tertiary/aromatic N) is 3. The number of benzene rings is 1. The topological polar surface area (TPSA) is 40.1 Å². The summed E-state index contributed by atoms with van der Waals surface area (Å²) in [5.74, 6) is 2.99. The molecule has 3 fully saturated rings. The molecule has 3 aliphatic rings. The van der Waals surface area contributed by atoms with Crippen molar-refractivity contribution in [1.82, 2.24) is 10.2 Å². The van der Waals surface area contributed by atoms with Crippen LogP contribution in [0.3, 0.4) is 0 Å². The highest BCUT2D eigenvalue weighted by Gasteiger charge is 2.53. The number of nitrogens with one attached hydrogen (secondary N) is 1. The highest BCUT2D eigenvalue weighted by molar-refractivity contribution is 5.80. The largest absolute Gasteiger partial charge is 0.497 e. The average molecular weight is 342 g/mol. The van der Waals surface area contributed by atoms with Crippen molar-refractivity contribution in [2.75, 3.05) is 51.8 Å². The smallest absolute Gasteiger partial charge is 0.193 e. The van der Waals surface area contributed by atoms with E-state index in [1.165, 1.54) is 31.4 Å². The summed E-state index contributed by atoms with van der Waals surface area (Å²) in [6.45, 7) is 5.16. The van der Waals surface area contributed by atoms with E-state index in [1.807, 2.05) is 13.1 Å². The lowest BCUT2D eigenvalue weighted by Crippen LogP contribution is -2.53. The zero-order chi connectivity index (χ0) is 17.3. The fraction of sp³-hybridized carbons (Fsp3) is 0.650. The minimum atomic E-state index is 0.609. The summed E-state index contributed by atoms with van der Waals surface area (Å²) in [6, 6.07) is 8.35. The number of hydrogen-bond acceptors (Lipinski definition) is 3. The molecule has 25 heavy (non-hydrogen) atoms. The van der Waals surface area contributed by atoms with Crippen LogP contribution in [0.15, 0.2) is 29.3 Å². The summed E-state index contributed by atoms with van der Waals surface area (Å²) < 4.78 is 5.35. The molecule has 2 saturated carbocycles. The molecular formula is C20H30N4O. The Morgan fingerprint density at radius 1 is 1.24 bits per heavy atom. The predicted molar refractivity (Wildman–Crippen MR) is 103 cm³/mol. The predicted octanol–water partition coefficient (Wildman–Crippen LogP) is 2.58. The fourth-order valence-corrected chi connectivity index (χ4v) is 4.16. The Labute approximate surface area is 151 Å². The molecule has 0 unspecified atom stereocenters. The number of ether oxygens (including phenoxy) is 1. The molecule has 0 spiro atoms. The minimum Gasteiger partial charge on any atom is -0.497 e. The average Bonchev–Trinajstić information content (AvgIpc) is 3.56. The molecule has 2 aliphatic carbocycles. The van der Waals surface area contributed by atoms with Gasteiger partial charge in [-0.15, -0.1) is 0 Å². The molecule has 5 nitrogen and oxygen atoms in total. The summed E-state index contributed by atoms with van der Waals surface area (Å²) >= 11 is 0. The molecule has 5 heteroatoms. The van der Waals surface area contributed by atoms with Crippen LogP contribution in [0.5, 0.6) is 5.75 Å². The Balaban J connectivity index is 1.31. The van der Waals surface area contributed by atoms with Gasteiger partial charge in [0.2, 0.25) is 0 Å². The van der Waals surface area contributed by atoms with Crippen molar-refractivity contribution in [3.05, 3.63) is 24.3 Å². The first kappa shape index (κ1) is 16.6. The van der Waals surface area contributed by atoms with Crippen molar-refractivity contribution < 1.29 is 4.74 Å². The first-order valence-electron chi connectivity index (χ1n) is 9.59. The van der Waals surface area contributed by atoms with E-state index in [2.05, 4.69) is 38.3 Å². The van der Waals surface area contributed by atoms with Crippen molar-refractivity contribution in [3.63, 3.8) is 0 Å². The first-order chi connectivity index (χ1) is 12.2. The van der Waals surface area contributed by atoms with Gasteiger partial charge in [0.15, 0.2) is 5.96 Å². The van der Waals surface area contributed by atoms with Crippen molar-refractivity contribution >= 4 is 11.6 Å². The van der Waals surface area contributed by atoms with Gasteiger partial charge in [-0.2, -0.15) is 0 Å². The molecule has 1 N–H and O–H groups in total. The zero-order valence-electron chi connectivity index (χ0n) is 15.5. The maximum atomic E-state index is 5.35.